The number of aliphatic hydroxyl groups is 15. The van der Waals surface area contributed by atoms with Crippen molar-refractivity contribution in [3.05, 3.63) is 0 Å². The molecule has 0 spiro atoms. The normalized spacial score (nSPS) is 44.0. The Balaban J connectivity index is 1.35. The van der Waals surface area contributed by atoms with Gasteiger partial charge in [0.05, 0.1) is 51.3 Å². The lowest BCUT2D eigenvalue weighted by Gasteiger charge is -2.52. The van der Waals surface area contributed by atoms with Gasteiger partial charge in [-0.05, 0) is 6.92 Å². The second-order valence-corrected chi connectivity index (χ2v) is 22.8. The van der Waals surface area contributed by atoms with E-state index in [1.807, 2.05) is 0 Å². The molecule has 31 atom stereocenters. The highest BCUT2D eigenvalue weighted by Gasteiger charge is 2.62. The Morgan fingerprint density at radius 2 is 1.06 bits per heavy atom. The molecule has 0 aromatic carbocycles. The first kappa shape index (κ1) is 73.2. The van der Waals surface area contributed by atoms with E-state index < -0.39 is 269 Å². The Bertz CT molecular complexity index is 2460. The molecule has 6 saturated heterocycles. The van der Waals surface area contributed by atoms with Gasteiger partial charge < -0.3 is 155 Å². The highest BCUT2D eigenvalue weighted by Crippen LogP contribution is 2.40. The number of aliphatic hydroxyl groups excluding tert-OH is 15. The number of carbonyl (C=O) groups is 5. The second kappa shape index (κ2) is 30.7. The molecule has 6 rings (SSSR count). The molecule has 41 heteroatoms. The van der Waals surface area contributed by atoms with Crippen molar-refractivity contribution in [2.45, 2.75) is 231 Å². The molecule has 1 unspecified atom stereocenters. The van der Waals surface area contributed by atoms with Crippen molar-refractivity contribution in [2.24, 2.45) is 0 Å². The molecular weight excluding hydrogens is 1230 g/mol. The second-order valence-electron chi connectivity index (χ2n) is 21.7. The molecule has 6 aliphatic rings. The van der Waals surface area contributed by atoms with Gasteiger partial charge in [-0.15, -0.1) is 0 Å². The Labute approximate surface area is 498 Å². The molecule has 88 heavy (non-hydrogen) atoms. The molecule has 0 saturated carbocycles. The SMILES string of the molecule is CC(=O)N[C@H]1[C@H](O[C@H]2[C@@H](O)[C@@H](CO[C@@H]3O[C@H](CO)[C@@H](O[C@@H]4O[C@H](CO)[C@H](O)[C@H](O[C@]5(C(=O)O)C[C@H](O)[C@@H](NC(C)=O)[C@H]([C@H](O)[C@H](O)CO)O5)[C@H]4O)[C@H](O[C@@H]4O[C@@H](C)[C@@H](O)[C@@H](O)[C@@H]4O)[C@H]3NC(C)=O)OC(O)[C@@H]2NC(C)=O)O[C@H](COS(=O)(=O)O)[C@@H](O)[C@@H]1O. The van der Waals surface area contributed by atoms with Crippen LogP contribution in [0.1, 0.15) is 41.0 Å². The zero-order valence-corrected chi connectivity index (χ0v) is 48.1. The lowest BCUT2D eigenvalue weighted by molar-refractivity contribution is -0.392. The predicted octanol–water partition coefficient (Wildman–Crippen LogP) is -13.5. The first-order chi connectivity index (χ1) is 41.1. The Morgan fingerprint density at radius 1 is 0.545 bits per heavy atom. The van der Waals surface area contributed by atoms with E-state index in [-0.39, 0.29) is 0 Å². The summed E-state index contributed by atoms with van der Waals surface area (Å²) in [6.45, 7) is -0.649. The van der Waals surface area contributed by atoms with Gasteiger partial charge in [-0.2, -0.15) is 8.42 Å². The van der Waals surface area contributed by atoms with E-state index in [0.29, 0.717) is 0 Å². The summed E-state index contributed by atoms with van der Waals surface area (Å²) in [6, 6.07) is -7.19. The standard InChI is InChI=1S/C47H78N4O36S/c1-12-27(61)33(67)34(68)44(78-12)85-39-26(51-16(5)58)42(76-10-21-31(65)37(25(41(70)79-21)50-15(4)57)84-43-24(49-14(3)56)32(66)29(63)22(82-43)11-77-88(73,74)75)81-20(9-54)36(39)83-45-35(69)40(30(64)19(8-53)80-45)87-47(46(71)72)6-17(59)23(48-13(2)55)38(86-47)28(62)18(60)7-52/h12,17-45,52-54,59-70H,6-11H2,1-5H3,(H,48,55)(H,49,56)(H,50,57)(H,51,58)(H,71,72)(H,73,74,75)/t12-,17-,18+,19+,20+,21+,22+,23+,24+,25+,26+,27+,28+,29+,30-,31-,32+,33+,34-,35+,36+,37+,38+,39+,40-,41?,42+,43-,44-,45-,47-/m0/s1. The van der Waals surface area contributed by atoms with E-state index in [1.54, 1.807) is 0 Å². The highest BCUT2D eigenvalue weighted by atomic mass is 32.3. The van der Waals surface area contributed by atoms with E-state index in [2.05, 4.69) is 25.5 Å². The maximum Gasteiger partial charge on any atom is 0.397 e. The summed E-state index contributed by atoms with van der Waals surface area (Å²) in [7, 11) is -5.20. The van der Waals surface area contributed by atoms with Crippen LogP contribution in [0.2, 0.25) is 0 Å². The van der Waals surface area contributed by atoms with Crippen LogP contribution in [0.25, 0.3) is 0 Å². The van der Waals surface area contributed by atoms with E-state index in [4.69, 9.17) is 52.1 Å². The summed E-state index contributed by atoms with van der Waals surface area (Å²) < 4.78 is 101. The van der Waals surface area contributed by atoms with E-state index in [9.17, 15) is 119 Å². The number of ether oxygens (including phenoxy) is 11. The van der Waals surface area contributed by atoms with Gasteiger partial charge in [0.1, 0.15) is 134 Å². The van der Waals surface area contributed by atoms with Crippen LogP contribution in [0.4, 0.5) is 0 Å². The van der Waals surface area contributed by atoms with Crippen LogP contribution in [-0.4, -0.2) is 347 Å². The van der Waals surface area contributed by atoms with E-state index >= 15 is 0 Å². The first-order valence-electron chi connectivity index (χ1n) is 27.2. The van der Waals surface area contributed by atoms with Crippen molar-refractivity contribution in [1.82, 2.24) is 21.3 Å². The molecule has 21 N–H and O–H groups in total. The summed E-state index contributed by atoms with van der Waals surface area (Å²) in [4.78, 5) is 63.4. The smallest absolute Gasteiger partial charge is 0.397 e. The van der Waals surface area contributed by atoms with Crippen molar-refractivity contribution in [1.29, 1.82) is 0 Å². The Morgan fingerprint density at radius 3 is 1.62 bits per heavy atom. The predicted molar refractivity (Wildman–Crippen MR) is 272 cm³/mol. The number of carboxylic acids is 1. The topological polar surface area (TPSA) is 622 Å². The highest BCUT2D eigenvalue weighted by molar-refractivity contribution is 7.80. The zero-order chi connectivity index (χ0) is 65.8. The fraction of sp³-hybridized carbons (Fsp3) is 0.894. The van der Waals surface area contributed by atoms with Crippen molar-refractivity contribution in [3.63, 3.8) is 0 Å². The number of aliphatic carboxylic acids is 1. The maximum absolute atomic E-state index is 13.2. The number of carbonyl (C=O) groups excluding carboxylic acids is 4. The molecule has 6 fully saturated rings. The summed E-state index contributed by atoms with van der Waals surface area (Å²) >= 11 is 0. The number of rotatable bonds is 24. The van der Waals surface area contributed by atoms with Crippen LogP contribution in [0.5, 0.6) is 0 Å². The average molecular weight is 1310 g/mol. The molecule has 0 bridgehead atoms. The quantitative estimate of drug-likeness (QED) is 0.0399. The van der Waals surface area contributed by atoms with Crippen LogP contribution in [0.15, 0.2) is 0 Å². The largest absolute Gasteiger partial charge is 0.477 e. The number of amides is 4. The monoisotopic (exact) mass is 1310 g/mol. The maximum atomic E-state index is 13.2. The summed E-state index contributed by atoms with van der Waals surface area (Å²) in [5.41, 5.74) is 0. The van der Waals surface area contributed by atoms with Crippen molar-refractivity contribution >= 4 is 40.0 Å². The Hall–Kier alpha value is -3.82. The molecule has 6 heterocycles. The molecule has 508 valence electrons. The number of hydrogen-bond acceptors (Lipinski definition) is 34. The van der Waals surface area contributed by atoms with Gasteiger partial charge in [-0.1, -0.05) is 0 Å². The van der Waals surface area contributed by atoms with E-state index in [0.717, 1.165) is 27.7 Å². The fourth-order valence-electron chi connectivity index (χ4n) is 10.8. The van der Waals surface area contributed by atoms with Gasteiger partial charge in [-0.3, -0.25) is 23.7 Å². The molecule has 0 aromatic heterocycles. The third-order valence-electron chi connectivity index (χ3n) is 15.2. The minimum absolute atomic E-state index is 0.854. The third-order valence-corrected chi connectivity index (χ3v) is 15.6. The van der Waals surface area contributed by atoms with Gasteiger partial charge in [0.15, 0.2) is 31.5 Å². The molecule has 0 radical (unpaired) electrons. The summed E-state index contributed by atoms with van der Waals surface area (Å²) in [5, 5.41) is 185. The molecule has 0 aliphatic carbocycles. The van der Waals surface area contributed by atoms with Crippen LogP contribution >= 0.6 is 0 Å². The van der Waals surface area contributed by atoms with Gasteiger partial charge in [0, 0.05) is 34.1 Å². The molecule has 40 nitrogen and oxygen atoms in total. The summed E-state index contributed by atoms with van der Waals surface area (Å²) in [5.74, 6) is -8.94. The minimum Gasteiger partial charge on any atom is -0.477 e. The fourth-order valence-corrected chi connectivity index (χ4v) is 11.1. The van der Waals surface area contributed by atoms with Gasteiger partial charge in [-0.25, -0.2) is 8.98 Å². The van der Waals surface area contributed by atoms with Crippen molar-refractivity contribution < 1.29 is 175 Å². The van der Waals surface area contributed by atoms with Crippen molar-refractivity contribution in [2.75, 3.05) is 33.0 Å². The first-order valence-corrected chi connectivity index (χ1v) is 28.6. The third kappa shape index (κ3) is 17.1. The number of hydrogen-bond donors (Lipinski definition) is 21. The molecule has 6 aliphatic heterocycles. The van der Waals surface area contributed by atoms with E-state index in [1.165, 1.54) is 6.92 Å². The van der Waals surface area contributed by atoms with Crippen LogP contribution < -0.4 is 21.3 Å². The Kier molecular flexibility index (Phi) is 25.6. The molecule has 0 aromatic rings. The minimum atomic E-state index is -5.20. The molecule has 4 amide bonds. The zero-order valence-electron chi connectivity index (χ0n) is 47.3. The lowest BCUT2D eigenvalue weighted by Crippen LogP contribution is -2.71. The van der Waals surface area contributed by atoms with Crippen LogP contribution in [-0.2, 0) is 90.7 Å². The average Bonchev–Trinajstić information content (AvgIpc) is 2.08. The van der Waals surface area contributed by atoms with Gasteiger partial charge in [0.2, 0.25) is 23.6 Å². The summed E-state index contributed by atoms with van der Waals surface area (Å²) in [6.07, 6.45) is -54.9. The van der Waals surface area contributed by atoms with Gasteiger partial charge in [0.25, 0.3) is 5.79 Å². The van der Waals surface area contributed by atoms with Crippen LogP contribution in [0, 0.1) is 0 Å². The number of carboxylic acid groups (broad SMARTS) is 1. The van der Waals surface area contributed by atoms with Crippen molar-refractivity contribution in [3.8, 4) is 0 Å². The lowest BCUT2D eigenvalue weighted by atomic mass is 9.88. The van der Waals surface area contributed by atoms with Gasteiger partial charge >= 0.3 is 16.4 Å². The van der Waals surface area contributed by atoms with Crippen LogP contribution in [0.3, 0.4) is 0 Å². The number of nitrogens with one attached hydrogen (secondary N) is 4. The molecular formula is C47H78N4O36S.